The number of rotatable bonds is 3. The number of carbonyl (C=O) groups is 1. The minimum absolute atomic E-state index is 0.285. The highest BCUT2D eigenvalue weighted by Gasteiger charge is 2.17. The third kappa shape index (κ3) is 2.70. The third-order valence-electron chi connectivity index (χ3n) is 3.45. The fourth-order valence-electron chi connectivity index (χ4n) is 2.35. The summed E-state index contributed by atoms with van der Waals surface area (Å²) in [6.45, 7) is 0.472. The van der Waals surface area contributed by atoms with Gasteiger partial charge in [0.1, 0.15) is 5.58 Å². The van der Waals surface area contributed by atoms with Crippen molar-refractivity contribution in [2.75, 3.05) is 6.61 Å². The lowest BCUT2D eigenvalue weighted by molar-refractivity contribution is 0.0399. The van der Waals surface area contributed by atoms with Gasteiger partial charge in [-0.15, -0.1) is 0 Å². The summed E-state index contributed by atoms with van der Waals surface area (Å²) in [5, 5.41) is 0.926. The molecule has 3 nitrogen and oxygen atoms in total. The zero-order valence-corrected chi connectivity index (χ0v) is 10.7. The Morgan fingerprint density at radius 2 is 2.21 bits per heavy atom. The molecule has 0 N–H and O–H groups in total. The molecule has 1 heterocycles. The maximum absolute atomic E-state index is 11.9. The van der Waals surface area contributed by atoms with Gasteiger partial charge in [-0.05, 0) is 37.3 Å². The van der Waals surface area contributed by atoms with E-state index >= 15 is 0 Å². The van der Waals surface area contributed by atoms with Crippen LogP contribution in [-0.2, 0) is 4.74 Å². The summed E-state index contributed by atoms with van der Waals surface area (Å²) < 4.78 is 10.8. The van der Waals surface area contributed by atoms with Crippen molar-refractivity contribution in [3.05, 3.63) is 48.2 Å². The van der Waals surface area contributed by atoms with Crippen molar-refractivity contribution in [3.8, 4) is 0 Å². The van der Waals surface area contributed by atoms with E-state index < -0.39 is 0 Å². The molecule has 98 valence electrons. The smallest absolute Gasteiger partial charge is 0.374 e. The minimum atomic E-state index is -0.370. The molecule has 0 saturated carbocycles. The van der Waals surface area contributed by atoms with Crippen LogP contribution in [0, 0.1) is 5.92 Å². The van der Waals surface area contributed by atoms with Crippen molar-refractivity contribution >= 4 is 16.9 Å². The van der Waals surface area contributed by atoms with Gasteiger partial charge in [0.2, 0.25) is 5.76 Å². The Labute approximate surface area is 111 Å². The van der Waals surface area contributed by atoms with Gasteiger partial charge in [0.05, 0.1) is 6.61 Å². The van der Waals surface area contributed by atoms with Crippen LogP contribution in [-0.4, -0.2) is 12.6 Å². The van der Waals surface area contributed by atoms with E-state index in [1.165, 1.54) is 0 Å². The number of esters is 1. The predicted octanol–water partition coefficient (Wildman–Crippen LogP) is 3.95. The first-order valence-electron chi connectivity index (χ1n) is 6.63. The Bertz CT molecular complexity index is 576. The van der Waals surface area contributed by atoms with E-state index in [0.29, 0.717) is 12.5 Å². The molecule has 1 aliphatic carbocycles. The van der Waals surface area contributed by atoms with Gasteiger partial charge < -0.3 is 9.15 Å². The Morgan fingerprint density at radius 3 is 3.00 bits per heavy atom. The van der Waals surface area contributed by atoms with Gasteiger partial charge in [-0.25, -0.2) is 4.79 Å². The van der Waals surface area contributed by atoms with Crippen molar-refractivity contribution in [3.63, 3.8) is 0 Å². The second-order valence-corrected chi connectivity index (χ2v) is 4.90. The summed E-state index contributed by atoms with van der Waals surface area (Å²) in [4.78, 5) is 11.9. The molecule has 0 amide bonds. The molecule has 0 aliphatic heterocycles. The largest absolute Gasteiger partial charge is 0.460 e. The molecule has 0 radical (unpaired) electrons. The average molecular weight is 256 g/mol. The lowest BCUT2D eigenvalue weighted by Crippen LogP contribution is -2.14. The number of hydrogen-bond acceptors (Lipinski definition) is 3. The minimum Gasteiger partial charge on any atom is -0.460 e. The Hall–Kier alpha value is -2.03. The normalized spacial score (nSPS) is 18.6. The topological polar surface area (TPSA) is 39.4 Å². The monoisotopic (exact) mass is 256 g/mol. The van der Waals surface area contributed by atoms with E-state index in [0.717, 1.165) is 30.2 Å². The van der Waals surface area contributed by atoms with Crippen molar-refractivity contribution in [2.45, 2.75) is 19.3 Å². The van der Waals surface area contributed by atoms with Gasteiger partial charge >= 0.3 is 5.97 Å². The second-order valence-electron chi connectivity index (χ2n) is 4.90. The molecule has 1 atom stereocenters. The molecule has 0 fully saturated rings. The Balaban J connectivity index is 1.64. The molecule has 3 rings (SSSR count). The van der Waals surface area contributed by atoms with Crippen molar-refractivity contribution in [2.24, 2.45) is 5.92 Å². The molecule has 1 aromatic heterocycles. The van der Waals surface area contributed by atoms with E-state index in [2.05, 4.69) is 12.2 Å². The molecular weight excluding hydrogens is 240 g/mol. The number of carbonyl (C=O) groups excluding carboxylic acids is 1. The molecule has 19 heavy (non-hydrogen) atoms. The molecule has 0 spiro atoms. The summed E-state index contributed by atoms with van der Waals surface area (Å²) in [6.07, 6.45) is 7.49. The first kappa shape index (κ1) is 12.0. The van der Waals surface area contributed by atoms with Crippen LogP contribution in [0.3, 0.4) is 0 Å². The SMILES string of the molecule is O=C(OCC1CC=CCC1)c1cc2ccccc2o1. The lowest BCUT2D eigenvalue weighted by Gasteiger charge is -2.16. The molecule has 0 bridgehead atoms. The molecule has 1 aromatic carbocycles. The fourth-order valence-corrected chi connectivity index (χ4v) is 2.35. The Morgan fingerprint density at radius 1 is 1.32 bits per heavy atom. The highest BCUT2D eigenvalue weighted by atomic mass is 16.5. The van der Waals surface area contributed by atoms with Gasteiger partial charge in [0, 0.05) is 5.39 Å². The van der Waals surface area contributed by atoms with E-state index in [9.17, 15) is 4.79 Å². The van der Waals surface area contributed by atoms with Crippen LogP contribution in [0.4, 0.5) is 0 Å². The zero-order chi connectivity index (χ0) is 13.1. The average Bonchev–Trinajstić information content (AvgIpc) is 2.90. The van der Waals surface area contributed by atoms with Gasteiger partial charge in [-0.3, -0.25) is 0 Å². The zero-order valence-electron chi connectivity index (χ0n) is 10.7. The van der Waals surface area contributed by atoms with Gasteiger partial charge in [-0.1, -0.05) is 30.4 Å². The number of furan rings is 1. The first-order chi connectivity index (χ1) is 9.33. The summed E-state index contributed by atoms with van der Waals surface area (Å²) in [5.74, 6) is 0.358. The summed E-state index contributed by atoms with van der Waals surface area (Å²) in [5.41, 5.74) is 0.718. The number of hydrogen-bond donors (Lipinski definition) is 0. The number of benzene rings is 1. The summed E-state index contributed by atoms with van der Waals surface area (Å²) in [7, 11) is 0. The maximum atomic E-state index is 11.9. The molecular formula is C16H16O3. The number of allylic oxidation sites excluding steroid dienone is 2. The molecule has 2 aromatic rings. The van der Waals surface area contributed by atoms with Crippen molar-refractivity contribution in [1.82, 2.24) is 0 Å². The lowest BCUT2D eigenvalue weighted by atomic mass is 9.95. The van der Waals surface area contributed by atoms with Crippen molar-refractivity contribution in [1.29, 1.82) is 0 Å². The number of para-hydroxylation sites is 1. The van der Waals surface area contributed by atoms with E-state index in [-0.39, 0.29) is 11.7 Å². The van der Waals surface area contributed by atoms with Crippen LogP contribution in [0.5, 0.6) is 0 Å². The van der Waals surface area contributed by atoms with E-state index in [4.69, 9.17) is 9.15 Å². The van der Waals surface area contributed by atoms with Gasteiger partial charge in [0.25, 0.3) is 0 Å². The summed E-state index contributed by atoms with van der Waals surface area (Å²) >= 11 is 0. The second kappa shape index (κ2) is 5.31. The summed E-state index contributed by atoms with van der Waals surface area (Å²) in [6, 6.07) is 9.30. The highest BCUT2D eigenvalue weighted by Crippen LogP contribution is 2.21. The van der Waals surface area contributed by atoms with Crippen LogP contribution in [0.25, 0.3) is 11.0 Å². The fraction of sp³-hybridized carbons (Fsp3) is 0.312. The molecule has 1 aliphatic rings. The molecule has 1 unspecified atom stereocenters. The quantitative estimate of drug-likeness (QED) is 0.616. The van der Waals surface area contributed by atoms with Gasteiger partial charge in [-0.2, -0.15) is 0 Å². The predicted molar refractivity (Wildman–Crippen MR) is 73.0 cm³/mol. The van der Waals surface area contributed by atoms with Crippen LogP contribution in [0.15, 0.2) is 46.9 Å². The number of ether oxygens (including phenoxy) is 1. The van der Waals surface area contributed by atoms with Crippen molar-refractivity contribution < 1.29 is 13.9 Å². The molecule has 0 saturated heterocycles. The molecule has 3 heteroatoms. The third-order valence-corrected chi connectivity index (χ3v) is 3.45. The standard InChI is InChI=1S/C16H16O3/c17-16(18-11-12-6-2-1-3-7-12)15-10-13-8-4-5-9-14(13)19-15/h1-2,4-5,8-10,12H,3,6-7,11H2. The van der Waals surface area contributed by atoms with Crippen LogP contribution >= 0.6 is 0 Å². The Kier molecular flexibility index (Phi) is 3.36. The van der Waals surface area contributed by atoms with Gasteiger partial charge in [0.15, 0.2) is 0 Å². The van der Waals surface area contributed by atoms with Crippen LogP contribution < -0.4 is 0 Å². The first-order valence-corrected chi connectivity index (χ1v) is 6.63. The van der Waals surface area contributed by atoms with Crippen LogP contribution in [0.2, 0.25) is 0 Å². The van der Waals surface area contributed by atoms with E-state index in [1.54, 1.807) is 6.07 Å². The number of fused-ring (bicyclic) bond motifs is 1. The van der Waals surface area contributed by atoms with E-state index in [1.807, 2.05) is 24.3 Å². The maximum Gasteiger partial charge on any atom is 0.374 e. The highest BCUT2D eigenvalue weighted by molar-refractivity contribution is 5.92. The van der Waals surface area contributed by atoms with Crippen LogP contribution in [0.1, 0.15) is 29.8 Å².